The van der Waals surface area contributed by atoms with Crippen molar-refractivity contribution >= 4 is 33.0 Å². The summed E-state index contributed by atoms with van der Waals surface area (Å²) in [6.07, 6.45) is 5.69. The molecule has 3 aromatic rings. The second kappa shape index (κ2) is 9.59. The minimum absolute atomic E-state index is 0.00718. The molecule has 34 heavy (non-hydrogen) atoms. The van der Waals surface area contributed by atoms with Crippen LogP contribution in [0.3, 0.4) is 0 Å². The van der Waals surface area contributed by atoms with Crippen LogP contribution in [0, 0.1) is 5.92 Å². The van der Waals surface area contributed by atoms with Crippen LogP contribution in [-0.2, 0) is 6.42 Å². The van der Waals surface area contributed by atoms with Crippen LogP contribution in [0.2, 0.25) is 0 Å². The third-order valence-corrected chi connectivity index (χ3v) is 8.17. The van der Waals surface area contributed by atoms with E-state index < -0.39 is 0 Å². The molecule has 5 nitrogen and oxygen atoms in total. The van der Waals surface area contributed by atoms with Gasteiger partial charge in [-0.1, -0.05) is 18.2 Å². The van der Waals surface area contributed by atoms with Gasteiger partial charge >= 0.3 is 0 Å². The van der Waals surface area contributed by atoms with E-state index in [4.69, 9.17) is 9.73 Å². The summed E-state index contributed by atoms with van der Waals surface area (Å²) in [5.41, 5.74) is 2.44. The minimum atomic E-state index is -0.00718. The Kier molecular flexibility index (Phi) is 6.18. The van der Waals surface area contributed by atoms with Crippen molar-refractivity contribution in [2.24, 2.45) is 10.9 Å². The van der Waals surface area contributed by atoms with Gasteiger partial charge in [-0.3, -0.25) is 0 Å². The van der Waals surface area contributed by atoms with Gasteiger partial charge in [0, 0.05) is 35.9 Å². The van der Waals surface area contributed by atoms with Gasteiger partial charge in [-0.15, -0.1) is 11.3 Å². The largest absolute Gasteiger partial charge is 0.862 e. The van der Waals surface area contributed by atoms with Crippen LogP contribution in [0.5, 0.6) is 5.75 Å². The SMILES string of the molecule is [O-]C(=NC(Cc1ccc(OC2CC2)cc1)CN1CCC1)[C@@H]1CCN(c2ccc3ccsc3c2)C1. The molecule has 2 atom stereocenters. The molecule has 2 aromatic carbocycles. The standard InChI is InChI=1S/C28H33N3O2S/c32-28(22-10-14-31(18-22)24-5-4-21-11-15-34-27(21)17-24)29-23(19-30-12-1-13-30)16-20-2-6-25(7-3-20)33-26-8-9-26/h2-7,11,15,17,22-23,26H,1,8-10,12-14,16,18-19H2,(H,29,32)/p-1/t22-,23?/m1/s1. The Hall–Kier alpha value is -2.57. The van der Waals surface area contributed by atoms with Gasteiger partial charge < -0.3 is 24.6 Å². The Balaban J connectivity index is 1.12. The van der Waals surface area contributed by atoms with E-state index in [1.54, 1.807) is 11.3 Å². The van der Waals surface area contributed by atoms with Crippen LogP contribution in [0.1, 0.15) is 31.2 Å². The van der Waals surface area contributed by atoms with Crippen LogP contribution in [-0.4, -0.2) is 55.7 Å². The van der Waals surface area contributed by atoms with E-state index in [-0.39, 0.29) is 17.9 Å². The highest BCUT2D eigenvalue weighted by molar-refractivity contribution is 7.17. The number of fused-ring (bicyclic) bond motifs is 1. The number of aliphatic imine (C=N–C) groups is 1. The zero-order chi connectivity index (χ0) is 22.9. The van der Waals surface area contributed by atoms with E-state index in [0.29, 0.717) is 6.10 Å². The molecular formula is C28H32N3O2S-. The van der Waals surface area contributed by atoms with Crippen molar-refractivity contribution in [2.45, 2.75) is 44.2 Å². The predicted octanol–water partition coefficient (Wildman–Crippen LogP) is 4.34. The zero-order valence-corrected chi connectivity index (χ0v) is 20.4. The Morgan fingerprint density at radius 3 is 2.68 bits per heavy atom. The lowest BCUT2D eigenvalue weighted by Gasteiger charge is -2.34. The van der Waals surface area contributed by atoms with Crippen LogP contribution in [0.4, 0.5) is 5.69 Å². The van der Waals surface area contributed by atoms with Crippen LogP contribution < -0.4 is 14.7 Å². The first kappa shape index (κ1) is 21.9. The number of hydrogen-bond acceptors (Lipinski definition) is 6. The van der Waals surface area contributed by atoms with Crippen molar-refractivity contribution in [3.63, 3.8) is 0 Å². The first-order chi connectivity index (χ1) is 16.7. The predicted molar refractivity (Wildman–Crippen MR) is 138 cm³/mol. The van der Waals surface area contributed by atoms with Gasteiger partial charge in [0.25, 0.3) is 0 Å². The third kappa shape index (κ3) is 5.08. The van der Waals surface area contributed by atoms with Crippen molar-refractivity contribution in [1.29, 1.82) is 0 Å². The maximum Gasteiger partial charge on any atom is 0.119 e. The van der Waals surface area contributed by atoms with Gasteiger partial charge in [0.1, 0.15) is 5.75 Å². The van der Waals surface area contributed by atoms with Crippen molar-refractivity contribution in [1.82, 2.24) is 4.90 Å². The van der Waals surface area contributed by atoms with E-state index in [9.17, 15) is 5.11 Å². The second-order valence-electron chi connectivity index (χ2n) is 10.0. The van der Waals surface area contributed by atoms with E-state index in [1.807, 2.05) is 0 Å². The highest BCUT2D eigenvalue weighted by atomic mass is 32.1. The molecular weight excluding hydrogens is 442 g/mol. The third-order valence-electron chi connectivity index (χ3n) is 7.29. The van der Waals surface area contributed by atoms with Crippen molar-refractivity contribution < 1.29 is 9.84 Å². The second-order valence-corrected chi connectivity index (χ2v) is 11.0. The smallest absolute Gasteiger partial charge is 0.119 e. The summed E-state index contributed by atoms with van der Waals surface area (Å²) in [5, 5.41) is 16.7. The first-order valence-electron chi connectivity index (χ1n) is 12.6. The maximum atomic E-state index is 13.2. The molecule has 0 spiro atoms. The van der Waals surface area contributed by atoms with E-state index in [2.05, 4.69) is 63.7 Å². The summed E-state index contributed by atoms with van der Waals surface area (Å²) in [5.74, 6) is 1.02. The molecule has 178 valence electrons. The van der Waals surface area contributed by atoms with Crippen LogP contribution >= 0.6 is 11.3 Å². The molecule has 0 N–H and O–H groups in total. The molecule has 0 amide bonds. The van der Waals surface area contributed by atoms with Gasteiger partial charge in [0.15, 0.2) is 0 Å². The molecule has 0 radical (unpaired) electrons. The van der Waals surface area contributed by atoms with E-state index >= 15 is 0 Å². The molecule has 3 fully saturated rings. The first-order valence-corrected chi connectivity index (χ1v) is 13.5. The fourth-order valence-electron chi connectivity index (χ4n) is 4.99. The zero-order valence-electron chi connectivity index (χ0n) is 19.6. The maximum absolute atomic E-state index is 13.2. The molecule has 3 aliphatic rings. The monoisotopic (exact) mass is 474 g/mol. The number of likely N-dealkylation sites (tertiary alicyclic amines) is 1. The van der Waals surface area contributed by atoms with Gasteiger partial charge in [-0.05, 0) is 97.8 Å². The quantitative estimate of drug-likeness (QED) is 0.342. The molecule has 6 rings (SSSR count). The number of nitrogens with zero attached hydrogens (tertiary/aromatic N) is 3. The van der Waals surface area contributed by atoms with E-state index in [1.165, 1.54) is 40.6 Å². The normalized spacial score (nSPS) is 22.2. The Labute approximate surface area is 205 Å². The number of hydrogen-bond donors (Lipinski definition) is 0. The van der Waals surface area contributed by atoms with E-state index in [0.717, 1.165) is 51.3 Å². The highest BCUT2D eigenvalue weighted by Crippen LogP contribution is 2.30. The summed E-state index contributed by atoms with van der Waals surface area (Å²) in [6.45, 7) is 4.80. The number of anilines is 1. The van der Waals surface area contributed by atoms with Crippen molar-refractivity contribution in [3.8, 4) is 5.75 Å². The fraction of sp³-hybridized carbons (Fsp3) is 0.464. The van der Waals surface area contributed by atoms with Crippen molar-refractivity contribution in [3.05, 3.63) is 59.5 Å². The number of ether oxygens (including phenoxy) is 1. The Morgan fingerprint density at radius 2 is 1.91 bits per heavy atom. The number of benzene rings is 2. The molecule has 0 bridgehead atoms. The minimum Gasteiger partial charge on any atom is -0.862 e. The summed E-state index contributed by atoms with van der Waals surface area (Å²) in [6, 6.07) is 17.2. The van der Waals surface area contributed by atoms with Crippen LogP contribution in [0.25, 0.3) is 10.1 Å². The topological polar surface area (TPSA) is 51.1 Å². The summed E-state index contributed by atoms with van der Waals surface area (Å²) < 4.78 is 7.19. The Bertz CT molecular complexity index is 1150. The lowest BCUT2D eigenvalue weighted by Crippen LogP contribution is -2.43. The lowest BCUT2D eigenvalue weighted by molar-refractivity contribution is -0.223. The van der Waals surface area contributed by atoms with Gasteiger partial charge in [-0.25, -0.2) is 0 Å². The number of rotatable bonds is 9. The summed E-state index contributed by atoms with van der Waals surface area (Å²) in [7, 11) is 0. The lowest BCUT2D eigenvalue weighted by atomic mass is 10.0. The van der Waals surface area contributed by atoms with Gasteiger partial charge in [-0.2, -0.15) is 0 Å². The molecule has 1 saturated carbocycles. The average molecular weight is 475 g/mol. The van der Waals surface area contributed by atoms with Crippen LogP contribution in [0.15, 0.2) is 58.9 Å². The molecule has 2 saturated heterocycles. The summed E-state index contributed by atoms with van der Waals surface area (Å²) in [4.78, 5) is 9.56. The summed E-state index contributed by atoms with van der Waals surface area (Å²) >= 11 is 1.77. The van der Waals surface area contributed by atoms with Gasteiger partial charge in [0.2, 0.25) is 0 Å². The average Bonchev–Trinajstić information content (AvgIpc) is 3.30. The molecule has 2 aliphatic heterocycles. The molecule has 1 unspecified atom stereocenters. The molecule has 6 heteroatoms. The van der Waals surface area contributed by atoms with Gasteiger partial charge in [0.05, 0.1) is 12.1 Å². The number of thiophene rings is 1. The highest BCUT2D eigenvalue weighted by Gasteiger charge is 2.26. The Morgan fingerprint density at radius 1 is 1.06 bits per heavy atom. The molecule has 1 aromatic heterocycles. The molecule has 1 aliphatic carbocycles. The fourth-order valence-corrected chi connectivity index (χ4v) is 5.81. The van der Waals surface area contributed by atoms with Crippen molar-refractivity contribution in [2.75, 3.05) is 37.6 Å². The molecule has 3 heterocycles.